The van der Waals surface area contributed by atoms with Crippen LogP contribution >= 0.6 is 15.9 Å². The summed E-state index contributed by atoms with van der Waals surface area (Å²) in [4.78, 5) is 28.2. The van der Waals surface area contributed by atoms with Crippen LogP contribution in [-0.2, 0) is 17.8 Å². The Balaban J connectivity index is 1.48. The van der Waals surface area contributed by atoms with Crippen molar-refractivity contribution in [2.24, 2.45) is 0 Å². The summed E-state index contributed by atoms with van der Waals surface area (Å²) in [6.07, 6.45) is 3.88. The minimum Gasteiger partial charge on any atom is -0.487 e. The number of rotatable bonds is 9. The Morgan fingerprint density at radius 1 is 1.05 bits per heavy atom. The molecule has 1 aliphatic rings. The minimum atomic E-state index is -0.980. The Bertz CT molecular complexity index is 1420. The zero-order valence-electron chi connectivity index (χ0n) is 21.3. The van der Waals surface area contributed by atoms with E-state index in [0.29, 0.717) is 48.4 Å². The number of hydrogen-bond acceptors (Lipinski definition) is 5. The molecule has 4 rings (SSSR count). The molecule has 1 fully saturated rings. The molecule has 198 valence electrons. The molecule has 1 amide bonds. The zero-order valence-corrected chi connectivity index (χ0v) is 22.9. The first kappa shape index (κ1) is 27.7. The Morgan fingerprint density at radius 3 is 2.36 bits per heavy atom. The molecule has 1 saturated heterocycles. The molecule has 0 saturated carbocycles. The number of halogens is 1. The molecule has 3 aromatic rings. The second kappa shape index (κ2) is 12.9. The fourth-order valence-corrected chi connectivity index (χ4v) is 5.04. The number of ether oxygens (including phenoxy) is 1. The highest BCUT2D eigenvalue weighted by Crippen LogP contribution is 2.33. The second-order valence-corrected chi connectivity index (χ2v) is 9.91. The van der Waals surface area contributed by atoms with Crippen molar-refractivity contribution >= 4 is 39.6 Å². The topological polar surface area (TPSA) is 93.9 Å². The number of anilines is 1. The van der Waals surface area contributed by atoms with Gasteiger partial charge in [0.1, 0.15) is 24.0 Å². The minimum absolute atomic E-state index is 0.0757. The van der Waals surface area contributed by atoms with Crippen LogP contribution in [0.4, 0.5) is 5.69 Å². The van der Waals surface area contributed by atoms with Gasteiger partial charge in [-0.2, -0.15) is 5.26 Å². The van der Waals surface area contributed by atoms with Gasteiger partial charge in [0.2, 0.25) is 0 Å². The monoisotopic (exact) mass is 585 g/mol. The van der Waals surface area contributed by atoms with Gasteiger partial charge in [-0.15, -0.1) is 6.58 Å². The number of nitriles is 1. The molecule has 0 atom stereocenters. The first-order valence-corrected chi connectivity index (χ1v) is 13.3. The number of para-hydroxylation sites is 1. The smallest absolute Gasteiger partial charge is 0.335 e. The molecule has 0 spiro atoms. The van der Waals surface area contributed by atoms with Crippen LogP contribution in [0.25, 0.3) is 6.08 Å². The van der Waals surface area contributed by atoms with Crippen LogP contribution in [-0.4, -0.2) is 48.1 Å². The van der Waals surface area contributed by atoms with Crippen LogP contribution < -0.4 is 9.64 Å². The van der Waals surface area contributed by atoms with E-state index in [1.54, 1.807) is 29.2 Å². The molecule has 3 aromatic carbocycles. The lowest BCUT2D eigenvalue weighted by Crippen LogP contribution is -2.49. The maximum absolute atomic E-state index is 13.2. The zero-order chi connectivity index (χ0) is 27.8. The third-order valence-corrected chi connectivity index (χ3v) is 7.03. The largest absolute Gasteiger partial charge is 0.487 e. The summed E-state index contributed by atoms with van der Waals surface area (Å²) in [5.74, 6) is -0.639. The van der Waals surface area contributed by atoms with Gasteiger partial charge < -0.3 is 19.6 Å². The number of hydrogen-bond donors (Lipinski definition) is 1. The molecule has 7 nitrogen and oxygen atoms in total. The van der Waals surface area contributed by atoms with Crippen molar-refractivity contribution < 1.29 is 19.4 Å². The lowest BCUT2D eigenvalue weighted by Gasteiger charge is -2.36. The van der Waals surface area contributed by atoms with Gasteiger partial charge in [0.25, 0.3) is 5.91 Å². The van der Waals surface area contributed by atoms with Gasteiger partial charge in [-0.1, -0.05) is 36.4 Å². The van der Waals surface area contributed by atoms with E-state index < -0.39 is 5.97 Å². The lowest BCUT2D eigenvalue weighted by atomic mass is 10.0. The molecule has 1 heterocycles. The van der Waals surface area contributed by atoms with Crippen molar-refractivity contribution in [3.63, 3.8) is 0 Å². The number of allylic oxidation sites excluding steroid dienone is 1. The summed E-state index contributed by atoms with van der Waals surface area (Å²) in [6, 6.07) is 22.4. The molecule has 0 bridgehead atoms. The molecule has 39 heavy (non-hydrogen) atoms. The van der Waals surface area contributed by atoms with Crippen molar-refractivity contribution in [3.8, 4) is 11.8 Å². The average molecular weight is 586 g/mol. The van der Waals surface area contributed by atoms with Crippen molar-refractivity contribution in [2.75, 3.05) is 31.1 Å². The van der Waals surface area contributed by atoms with Crippen molar-refractivity contribution in [3.05, 3.63) is 112 Å². The van der Waals surface area contributed by atoms with Crippen LogP contribution in [0.1, 0.15) is 27.0 Å². The number of aromatic carboxylic acids is 1. The average Bonchev–Trinajstić information content (AvgIpc) is 2.96. The van der Waals surface area contributed by atoms with Gasteiger partial charge in [-0.05, 0) is 81.5 Å². The summed E-state index contributed by atoms with van der Waals surface area (Å²) < 4.78 is 6.75. The number of carboxylic acids is 1. The van der Waals surface area contributed by atoms with Crippen LogP contribution in [0.3, 0.4) is 0 Å². The first-order valence-electron chi connectivity index (χ1n) is 12.5. The van der Waals surface area contributed by atoms with E-state index in [1.807, 2.05) is 30.3 Å². The predicted molar refractivity (Wildman–Crippen MR) is 155 cm³/mol. The number of amides is 1. The van der Waals surface area contributed by atoms with Gasteiger partial charge in [-0.25, -0.2) is 4.79 Å². The van der Waals surface area contributed by atoms with Crippen molar-refractivity contribution in [2.45, 2.75) is 13.0 Å². The summed E-state index contributed by atoms with van der Waals surface area (Å²) >= 11 is 3.58. The highest BCUT2D eigenvalue weighted by atomic mass is 79.9. The summed E-state index contributed by atoms with van der Waals surface area (Å²) in [7, 11) is 0. The molecule has 0 aliphatic carbocycles. The molecule has 1 aliphatic heterocycles. The predicted octanol–water partition coefficient (Wildman–Crippen LogP) is 5.71. The Labute approximate surface area is 236 Å². The van der Waals surface area contributed by atoms with Crippen molar-refractivity contribution in [1.29, 1.82) is 5.26 Å². The fraction of sp³-hybridized carbons (Fsp3) is 0.194. The summed E-state index contributed by atoms with van der Waals surface area (Å²) in [5, 5.41) is 18.9. The van der Waals surface area contributed by atoms with E-state index >= 15 is 0 Å². The second-order valence-electron chi connectivity index (χ2n) is 9.06. The first-order chi connectivity index (χ1) is 18.9. The summed E-state index contributed by atoms with van der Waals surface area (Å²) in [6.45, 7) is 6.57. The number of nitrogens with zero attached hydrogens (tertiary/aromatic N) is 3. The molecule has 0 unspecified atom stereocenters. The van der Waals surface area contributed by atoms with E-state index in [4.69, 9.17) is 9.84 Å². The van der Waals surface area contributed by atoms with Crippen LogP contribution in [0.5, 0.6) is 5.75 Å². The van der Waals surface area contributed by atoms with E-state index in [-0.39, 0.29) is 23.7 Å². The Kier molecular flexibility index (Phi) is 9.18. The Hall–Kier alpha value is -4.35. The molecule has 1 N–H and O–H groups in total. The van der Waals surface area contributed by atoms with E-state index in [0.717, 1.165) is 16.8 Å². The third kappa shape index (κ3) is 6.95. The molecule has 0 radical (unpaired) electrons. The number of carbonyl (C=O) groups excluding carboxylic acids is 1. The maximum Gasteiger partial charge on any atom is 0.335 e. The van der Waals surface area contributed by atoms with Gasteiger partial charge in [-0.3, -0.25) is 4.79 Å². The number of carbonyl (C=O) groups is 2. The van der Waals surface area contributed by atoms with Gasteiger partial charge in [0.05, 0.1) is 10.0 Å². The van der Waals surface area contributed by atoms with Crippen molar-refractivity contribution in [1.82, 2.24) is 4.90 Å². The van der Waals surface area contributed by atoms with Crippen LogP contribution in [0, 0.1) is 11.3 Å². The molecular weight excluding hydrogens is 558 g/mol. The fourth-order valence-electron chi connectivity index (χ4n) is 4.41. The normalized spacial score (nSPS) is 13.5. The highest BCUT2D eigenvalue weighted by Gasteiger charge is 2.24. The SMILES string of the molecule is C=CCc1cc(/C=C(/C#N)C(=O)N2CCN(c3ccccc3)CC2)cc(Br)c1OCc1ccc(C(=O)O)cc1. The van der Waals surface area contributed by atoms with E-state index in [1.165, 1.54) is 12.1 Å². The Morgan fingerprint density at radius 2 is 1.74 bits per heavy atom. The quantitative estimate of drug-likeness (QED) is 0.196. The van der Waals surface area contributed by atoms with E-state index in [9.17, 15) is 14.9 Å². The summed E-state index contributed by atoms with van der Waals surface area (Å²) in [5.41, 5.74) is 3.78. The number of carboxylic acid groups (broad SMARTS) is 1. The molecule has 8 heteroatoms. The number of benzene rings is 3. The standard InChI is InChI=1S/C31H28BrN3O4/c1-2-6-25-17-23(19-28(32)29(25)39-21-22-9-11-24(12-10-22)31(37)38)18-26(20-33)30(36)35-15-13-34(14-16-35)27-7-4-3-5-8-27/h2-5,7-12,17-19H,1,6,13-16,21H2,(H,37,38)/b26-18-. The number of piperazine rings is 1. The lowest BCUT2D eigenvalue weighted by molar-refractivity contribution is -0.126. The molecule has 0 aromatic heterocycles. The third-order valence-electron chi connectivity index (χ3n) is 6.44. The van der Waals surface area contributed by atoms with E-state index in [2.05, 4.69) is 45.6 Å². The van der Waals surface area contributed by atoms with Crippen LogP contribution in [0.2, 0.25) is 0 Å². The van der Waals surface area contributed by atoms with Gasteiger partial charge in [0.15, 0.2) is 0 Å². The van der Waals surface area contributed by atoms with Gasteiger partial charge >= 0.3 is 5.97 Å². The molecular formula is C31H28BrN3O4. The van der Waals surface area contributed by atoms with Gasteiger partial charge in [0, 0.05) is 31.9 Å². The van der Waals surface area contributed by atoms with Crippen LogP contribution in [0.15, 0.2) is 89.4 Å². The highest BCUT2D eigenvalue weighted by molar-refractivity contribution is 9.10. The maximum atomic E-state index is 13.2.